The summed E-state index contributed by atoms with van der Waals surface area (Å²) in [7, 11) is -3.65. The van der Waals surface area contributed by atoms with Crippen molar-refractivity contribution in [3.8, 4) is 5.82 Å². The zero-order chi connectivity index (χ0) is 21.7. The number of benzene rings is 1. The van der Waals surface area contributed by atoms with Gasteiger partial charge >= 0.3 is 0 Å². The summed E-state index contributed by atoms with van der Waals surface area (Å²) in [5.41, 5.74) is 2.55. The molecule has 1 aromatic carbocycles. The number of carbonyl (C=O) groups is 1. The van der Waals surface area contributed by atoms with Gasteiger partial charge in [0.15, 0.2) is 0 Å². The van der Waals surface area contributed by atoms with Gasteiger partial charge in [-0.3, -0.25) is 9.36 Å². The van der Waals surface area contributed by atoms with Crippen LogP contribution in [0.3, 0.4) is 0 Å². The Bertz CT molecular complexity index is 1150. The molecule has 3 aromatic rings. The second kappa shape index (κ2) is 9.19. The Morgan fingerprint density at radius 2 is 1.87 bits per heavy atom. The van der Waals surface area contributed by atoms with Crippen LogP contribution >= 0.6 is 0 Å². The van der Waals surface area contributed by atoms with Crippen LogP contribution in [-0.4, -0.2) is 35.4 Å². The van der Waals surface area contributed by atoms with Crippen LogP contribution in [0, 0.1) is 20.8 Å². The van der Waals surface area contributed by atoms with Crippen LogP contribution in [0.15, 0.2) is 53.8 Å². The number of hydrogen-bond acceptors (Lipinski definition) is 5. The van der Waals surface area contributed by atoms with Gasteiger partial charge in [0, 0.05) is 38.1 Å². The van der Waals surface area contributed by atoms with Gasteiger partial charge in [0.2, 0.25) is 15.9 Å². The molecular formula is C21H25N5O3S. The van der Waals surface area contributed by atoms with Gasteiger partial charge in [0.1, 0.15) is 11.6 Å². The van der Waals surface area contributed by atoms with E-state index in [1.807, 2.05) is 42.8 Å². The zero-order valence-electron chi connectivity index (χ0n) is 17.2. The first-order valence-electron chi connectivity index (χ1n) is 9.55. The molecule has 2 aromatic heterocycles. The lowest BCUT2D eigenvalue weighted by atomic mass is 10.2. The van der Waals surface area contributed by atoms with Crippen molar-refractivity contribution in [1.29, 1.82) is 0 Å². The molecule has 0 aliphatic carbocycles. The molecular weight excluding hydrogens is 402 g/mol. The highest BCUT2D eigenvalue weighted by atomic mass is 32.2. The van der Waals surface area contributed by atoms with Gasteiger partial charge in [-0.2, -0.15) is 0 Å². The topological polar surface area (TPSA) is 106 Å². The minimum Gasteiger partial charge on any atom is -0.352 e. The lowest BCUT2D eigenvalue weighted by molar-refractivity contribution is -0.121. The van der Waals surface area contributed by atoms with Crippen molar-refractivity contribution in [2.24, 2.45) is 0 Å². The quantitative estimate of drug-likeness (QED) is 0.573. The van der Waals surface area contributed by atoms with Crippen LogP contribution in [0.1, 0.15) is 28.9 Å². The summed E-state index contributed by atoms with van der Waals surface area (Å²) in [5, 5.41) is 2.80. The predicted octanol–water partition coefficient (Wildman–Crippen LogP) is 2.18. The van der Waals surface area contributed by atoms with Crippen molar-refractivity contribution in [2.45, 2.75) is 38.6 Å². The Labute approximate surface area is 176 Å². The Kier molecular flexibility index (Phi) is 6.63. The van der Waals surface area contributed by atoms with E-state index in [9.17, 15) is 13.2 Å². The zero-order valence-corrected chi connectivity index (χ0v) is 18.0. The number of aryl methyl sites for hydroxylation is 3. The summed E-state index contributed by atoms with van der Waals surface area (Å²) in [5.74, 6) is 1.30. The predicted molar refractivity (Wildman–Crippen MR) is 114 cm³/mol. The van der Waals surface area contributed by atoms with Crippen molar-refractivity contribution >= 4 is 15.9 Å². The van der Waals surface area contributed by atoms with E-state index in [0.29, 0.717) is 12.1 Å². The highest BCUT2D eigenvalue weighted by Gasteiger charge is 2.16. The standard InChI is InChI=1S/C21H25N5O3S/c1-15-4-5-19(16(2)12-15)30(28,29)25-9-7-21(27)24-14-18-6-8-23-20(13-18)26-11-10-22-17(26)3/h4-6,8,10-13,25H,7,9,14H2,1-3H3,(H,24,27). The van der Waals surface area contributed by atoms with E-state index in [0.717, 1.165) is 22.8 Å². The molecule has 3 rings (SSSR count). The molecule has 0 saturated heterocycles. The summed E-state index contributed by atoms with van der Waals surface area (Å²) in [6.45, 7) is 5.89. The van der Waals surface area contributed by atoms with Crippen LogP contribution in [0.5, 0.6) is 0 Å². The van der Waals surface area contributed by atoms with Crippen molar-refractivity contribution in [3.63, 3.8) is 0 Å². The van der Waals surface area contributed by atoms with E-state index in [1.54, 1.807) is 31.5 Å². The minimum atomic E-state index is -3.65. The third-order valence-corrected chi connectivity index (χ3v) is 6.26. The molecule has 0 atom stereocenters. The lowest BCUT2D eigenvalue weighted by Crippen LogP contribution is -2.31. The fraction of sp³-hybridized carbons (Fsp3) is 0.286. The summed E-state index contributed by atoms with van der Waals surface area (Å²) in [6.07, 6.45) is 5.24. The van der Waals surface area contributed by atoms with Gasteiger partial charge < -0.3 is 5.32 Å². The minimum absolute atomic E-state index is 0.0251. The smallest absolute Gasteiger partial charge is 0.240 e. The number of pyridine rings is 1. The normalized spacial score (nSPS) is 11.4. The molecule has 0 bridgehead atoms. The summed E-state index contributed by atoms with van der Waals surface area (Å²) < 4.78 is 29.2. The van der Waals surface area contributed by atoms with E-state index in [2.05, 4.69) is 20.0 Å². The first kappa shape index (κ1) is 21.7. The molecule has 0 radical (unpaired) electrons. The van der Waals surface area contributed by atoms with Crippen molar-refractivity contribution in [3.05, 3.63) is 71.4 Å². The molecule has 0 aliphatic heterocycles. The molecule has 1 amide bonds. The molecule has 2 N–H and O–H groups in total. The van der Waals surface area contributed by atoms with Crippen molar-refractivity contribution in [1.82, 2.24) is 24.6 Å². The molecule has 2 heterocycles. The van der Waals surface area contributed by atoms with Gasteiger partial charge in [0.05, 0.1) is 4.90 Å². The van der Waals surface area contributed by atoms with E-state index >= 15 is 0 Å². The number of nitrogens with zero attached hydrogens (tertiary/aromatic N) is 3. The maximum atomic E-state index is 12.4. The monoisotopic (exact) mass is 427 g/mol. The molecule has 0 unspecified atom stereocenters. The number of imidazole rings is 1. The Hall–Kier alpha value is -3.04. The van der Waals surface area contributed by atoms with Crippen molar-refractivity contribution in [2.75, 3.05) is 6.54 Å². The maximum Gasteiger partial charge on any atom is 0.240 e. The van der Waals surface area contributed by atoms with Crippen LogP contribution in [-0.2, 0) is 21.4 Å². The first-order valence-corrected chi connectivity index (χ1v) is 11.0. The SMILES string of the molecule is Cc1ccc(S(=O)(=O)NCCC(=O)NCc2ccnc(-n3ccnc3C)c2)c(C)c1. The molecule has 9 heteroatoms. The Balaban J connectivity index is 1.51. The second-order valence-electron chi connectivity index (χ2n) is 7.06. The van der Waals surface area contributed by atoms with Gasteiger partial charge in [-0.1, -0.05) is 17.7 Å². The fourth-order valence-corrected chi connectivity index (χ4v) is 4.35. The molecule has 0 spiro atoms. The molecule has 8 nitrogen and oxygen atoms in total. The third-order valence-electron chi connectivity index (χ3n) is 4.64. The Morgan fingerprint density at radius 3 is 2.57 bits per heavy atom. The Morgan fingerprint density at radius 1 is 1.07 bits per heavy atom. The van der Waals surface area contributed by atoms with E-state index in [4.69, 9.17) is 0 Å². The lowest BCUT2D eigenvalue weighted by Gasteiger charge is -2.11. The average molecular weight is 428 g/mol. The number of sulfonamides is 1. The molecule has 0 aliphatic rings. The van der Waals surface area contributed by atoms with Gasteiger partial charge in [-0.15, -0.1) is 0 Å². The molecule has 0 saturated carbocycles. The third kappa shape index (κ3) is 5.31. The number of rotatable bonds is 8. The second-order valence-corrected chi connectivity index (χ2v) is 8.80. The highest BCUT2D eigenvalue weighted by Crippen LogP contribution is 2.16. The fourth-order valence-electron chi connectivity index (χ4n) is 3.09. The van der Waals surface area contributed by atoms with Crippen LogP contribution in [0.4, 0.5) is 0 Å². The number of amides is 1. The van der Waals surface area contributed by atoms with E-state index in [-0.39, 0.29) is 23.8 Å². The first-order chi connectivity index (χ1) is 14.3. The number of hydrogen-bond donors (Lipinski definition) is 2. The van der Waals surface area contributed by atoms with Crippen LogP contribution in [0.25, 0.3) is 5.82 Å². The summed E-state index contributed by atoms with van der Waals surface area (Å²) >= 11 is 0. The van der Waals surface area contributed by atoms with Crippen molar-refractivity contribution < 1.29 is 13.2 Å². The maximum absolute atomic E-state index is 12.4. The number of carbonyl (C=O) groups excluding carboxylic acids is 1. The molecule has 158 valence electrons. The van der Waals surface area contributed by atoms with Gasteiger partial charge in [-0.05, 0) is 50.1 Å². The average Bonchev–Trinajstić information content (AvgIpc) is 3.12. The van der Waals surface area contributed by atoms with E-state index in [1.165, 1.54) is 0 Å². The largest absolute Gasteiger partial charge is 0.352 e. The molecule has 30 heavy (non-hydrogen) atoms. The van der Waals surface area contributed by atoms with Gasteiger partial charge in [0.25, 0.3) is 0 Å². The van der Waals surface area contributed by atoms with E-state index < -0.39 is 10.0 Å². The van der Waals surface area contributed by atoms with Gasteiger partial charge in [-0.25, -0.2) is 23.1 Å². The summed E-state index contributed by atoms with van der Waals surface area (Å²) in [6, 6.07) is 8.84. The number of nitrogens with one attached hydrogen (secondary N) is 2. The molecule has 0 fully saturated rings. The van der Waals surface area contributed by atoms with Crippen LogP contribution < -0.4 is 10.0 Å². The summed E-state index contributed by atoms with van der Waals surface area (Å²) in [4.78, 5) is 20.9. The highest BCUT2D eigenvalue weighted by molar-refractivity contribution is 7.89. The van der Waals surface area contributed by atoms with Crippen LogP contribution in [0.2, 0.25) is 0 Å². The number of aromatic nitrogens is 3.